The predicted molar refractivity (Wildman–Crippen MR) is 226 cm³/mol. The summed E-state index contributed by atoms with van der Waals surface area (Å²) in [6.07, 6.45) is 0. The first-order chi connectivity index (χ1) is 27.3. The molecule has 0 spiro atoms. The molecule has 0 saturated carbocycles. The van der Waals surface area contributed by atoms with E-state index in [4.69, 9.17) is 9.40 Å². The molecular weight excluding hydrogens is 669 g/mol. The summed E-state index contributed by atoms with van der Waals surface area (Å²) in [6, 6.07) is 74.1. The number of aromatic nitrogens is 1. The van der Waals surface area contributed by atoms with Gasteiger partial charge in [-0.2, -0.15) is 0 Å². The number of hydrogen-bond donors (Lipinski definition) is 0. The molecule has 0 saturated heterocycles. The Balaban J connectivity index is 1.11. The number of hydrogen-bond acceptors (Lipinski definition) is 3. The molecule has 258 valence electrons. The molecule has 0 aliphatic heterocycles. The Bertz CT molecular complexity index is 2990. The molecule has 1 aliphatic rings. The molecule has 1 heterocycles. The minimum absolute atomic E-state index is 0.443. The monoisotopic (exact) mass is 702 g/mol. The van der Waals surface area contributed by atoms with Crippen molar-refractivity contribution in [3.8, 4) is 22.6 Å². The second-order valence-corrected chi connectivity index (χ2v) is 14.3. The average molecular weight is 703 g/mol. The first-order valence-corrected chi connectivity index (χ1v) is 18.8. The molecule has 0 fully saturated rings. The maximum absolute atomic E-state index is 6.52. The van der Waals surface area contributed by atoms with Crippen LogP contribution in [0.1, 0.15) is 22.3 Å². The quantitative estimate of drug-likeness (QED) is 0.162. The van der Waals surface area contributed by atoms with E-state index in [-0.39, 0.29) is 0 Å². The van der Waals surface area contributed by atoms with Crippen LogP contribution in [0.5, 0.6) is 0 Å². The molecule has 0 amide bonds. The van der Waals surface area contributed by atoms with Gasteiger partial charge in [-0.15, -0.1) is 0 Å². The van der Waals surface area contributed by atoms with Gasteiger partial charge in [-0.1, -0.05) is 152 Å². The standard InChI is InChI=1S/C52H34N2O/c1-5-15-36(16-6-1)51-53-48-32-27-35-25-26-37-33-41(28-30-43(37)49(35)50(48)55-51)54(40-21-11-4-12-22-40)42-29-31-47-45(34-42)44-23-13-14-24-46(44)52(47,38-17-7-2-8-18-38)39-19-9-3-10-20-39/h1-34H. The lowest BCUT2D eigenvalue weighted by Gasteiger charge is -2.34. The Morgan fingerprint density at radius 3 is 1.76 bits per heavy atom. The van der Waals surface area contributed by atoms with Crippen molar-refractivity contribution in [2.75, 3.05) is 4.90 Å². The zero-order chi connectivity index (χ0) is 36.3. The van der Waals surface area contributed by atoms with Crippen LogP contribution in [0.25, 0.3) is 55.2 Å². The van der Waals surface area contributed by atoms with E-state index in [9.17, 15) is 0 Å². The molecule has 10 aromatic rings. The summed E-state index contributed by atoms with van der Waals surface area (Å²) in [5.41, 5.74) is 13.1. The molecule has 1 aliphatic carbocycles. The van der Waals surface area contributed by atoms with Gasteiger partial charge in [0.1, 0.15) is 5.52 Å². The van der Waals surface area contributed by atoms with Crippen LogP contribution in [0.4, 0.5) is 17.1 Å². The van der Waals surface area contributed by atoms with Crippen molar-refractivity contribution in [3.05, 3.63) is 229 Å². The highest BCUT2D eigenvalue weighted by atomic mass is 16.3. The van der Waals surface area contributed by atoms with E-state index >= 15 is 0 Å². The third kappa shape index (κ3) is 4.80. The first-order valence-electron chi connectivity index (χ1n) is 18.8. The van der Waals surface area contributed by atoms with Gasteiger partial charge >= 0.3 is 0 Å². The minimum Gasteiger partial charge on any atom is -0.435 e. The largest absolute Gasteiger partial charge is 0.435 e. The smallest absolute Gasteiger partial charge is 0.227 e. The highest BCUT2D eigenvalue weighted by Gasteiger charge is 2.46. The van der Waals surface area contributed by atoms with Crippen LogP contribution in [-0.2, 0) is 5.41 Å². The normalized spacial score (nSPS) is 12.9. The molecule has 0 N–H and O–H groups in total. The fourth-order valence-corrected chi connectivity index (χ4v) is 8.96. The topological polar surface area (TPSA) is 29.3 Å². The van der Waals surface area contributed by atoms with Gasteiger partial charge in [-0.25, -0.2) is 4.98 Å². The molecule has 3 heteroatoms. The van der Waals surface area contributed by atoms with Gasteiger partial charge in [0.25, 0.3) is 0 Å². The number of nitrogens with zero attached hydrogens (tertiary/aromatic N) is 2. The van der Waals surface area contributed by atoms with Gasteiger partial charge in [0.2, 0.25) is 5.89 Å². The number of benzene rings is 9. The molecule has 3 nitrogen and oxygen atoms in total. The summed E-state index contributed by atoms with van der Waals surface area (Å²) in [7, 11) is 0. The van der Waals surface area contributed by atoms with Crippen LogP contribution in [0.3, 0.4) is 0 Å². The Kier molecular flexibility index (Phi) is 7.08. The zero-order valence-corrected chi connectivity index (χ0v) is 29.9. The molecule has 0 radical (unpaired) electrons. The predicted octanol–water partition coefficient (Wildman–Crippen LogP) is 13.6. The highest BCUT2D eigenvalue weighted by Crippen LogP contribution is 2.57. The van der Waals surface area contributed by atoms with E-state index in [1.54, 1.807) is 0 Å². The van der Waals surface area contributed by atoms with Crippen LogP contribution in [-0.4, -0.2) is 4.98 Å². The molecule has 0 bridgehead atoms. The van der Waals surface area contributed by atoms with E-state index in [0.29, 0.717) is 5.89 Å². The van der Waals surface area contributed by atoms with Crippen molar-refractivity contribution in [1.82, 2.24) is 4.98 Å². The molecule has 11 rings (SSSR count). The zero-order valence-electron chi connectivity index (χ0n) is 29.9. The lowest BCUT2D eigenvalue weighted by atomic mass is 9.68. The van der Waals surface area contributed by atoms with Gasteiger partial charge in [0.15, 0.2) is 5.58 Å². The van der Waals surface area contributed by atoms with Crippen molar-refractivity contribution in [2.24, 2.45) is 0 Å². The third-order valence-corrected chi connectivity index (χ3v) is 11.3. The SMILES string of the molecule is c1ccc(-c2nc3ccc4ccc5cc(N(c6ccccc6)c6ccc7c(c6)-c6ccccc6C7(c6ccccc6)c6ccccc6)ccc5c4c3o2)cc1. The van der Waals surface area contributed by atoms with E-state index in [0.717, 1.165) is 55.3 Å². The average Bonchev–Trinajstić information content (AvgIpc) is 3.83. The van der Waals surface area contributed by atoms with Crippen LogP contribution in [0.15, 0.2) is 211 Å². The van der Waals surface area contributed by atoms with Crippen LogP contribution >= 0.6 is 0 Å². The molecule has 0 atom stereocenters. The molecule has 1 aromatic heterocycles. The summed E-state index contributed by atoms with van der Waals surface area (Å²) >= 11 is 0. The van der Waals surface area contributed by atoms with Gasteiger partial charge < -0.3 is 9.32 Å². The van der Waals surface area contributed by atoms with E-state index in [2.05, 4.69) is 181 Å². The van der Waals surface area contributed by atoms with E-state index < -0.39 is 5.41 Å². The van der Waals surface area contributed by atoms with E-state index in [1.807, 2.05) is 30.3 Å². The Morgan fingerprint density at radius 1 is 0.436 bits per heavy atom. The van der Waals surface area contributed by atoms with Gasteiger partial charge in [-0.3, -0.25) is 0 Å². The maximum atomic E-state index is 6.52. The van der Waals surface area contributed by atoms with Crippen LogP contribution < -0.4 is 4.90 Å². The summed E-state index contributed by atoms with van der Waals surface area (Å²) in [5.74, 6) is 0.633. The Hall–Kier alpha value is -7.23. The lowest BCUT2D eigenvalue weighted by Crippen LogP contribution is -2.28. The Labute approximate surface area is 319 Å². The van der Waals surface area contributed by atoms with Crippen LogP contribution in [0, 0.1) is 0 Å². The van der Waals surface area contributed by atoms with Crippen molar-refractivity contribution < 1.29 is 4.42 Å². The van der Waals surface area contributed by atoms with Crippen molar-refractivity contribution >= 4 is 49.7 Å². The van der Waals surface area contributed by atoms with Crippen LogP contribution in [0.2, 0.25) is 0 Å². The maximum Gasteiger partial charge on any atom is 0.227 e. The van der Waals surface area contributed by atoms with Crippen molar-refractivity contribution in [2.45, 2.75) is 5.41 Å². The Morgan fingerprint density at radius 2 is 1.02 bits per heavy atom. The summed E-state index contributed by atoms with van der Waals surface area (Å²) in [5, 5.41) is 4.47. The number of oxazole rings is 1. The number of anilines is 3. The molecule has 55 heavy (non-hydrogen) atoms. The number of para-hydroxylation sites is 1. The highest BCUT2D eigenvalue weighted by molar-refractivity contribution is 6.18. The van der Waals surface area contributed by atoms with Gasteiger partial charge in [0.05, 0.1) is 5.41 Å². The second-order valence-electron chi connectivity index (χ2n) is 14.3. The first kappa shape index (κ1) is 31.3. The number of fused-ring (bicyclic) bond motifs is 8. The van der Waals surface area contributed by atoms with Crippen molar-refractivity contribution in [1.29, 1.82) is 0 Å². The molecular formula is C52H34N2O. The number of rotatable bonds is 6. The third-order valence-electron chi connectivity index (χ3n) is 11.3. The second kappa shape index (κ2) is 12.4. The summed E-state index contributed by atoms with van der Waals surface area (Å²) in [6.45, 7) is 0. The molecule has 9 aromatic carbocycles. The van der Waals surface area contributed by atoms with E-state index in [1.165, 1.54) is 33.4 Å². The fraction of sp³-hybridized carbons (Fsp3) is 0.0192. The van der Waals surface area contributed by atoms with Gasteiger partial charge in [0, 0.05) is 28.0 Å². The van der Waals surface area contributed by atoms with Gasteiger partial charge in [-0.05, 0) is 104 Å². The molecule has 0 unspecified atom stereocenters. The summed E-state index contributed by atoms with van der Waals surface area (Å²) in [4.78, 5) is 7.26. The summed E-state index contributed by atoms with van der Waals surface area (Å²) < 4.78 is 6.52. The lowest BCUT2D eigenvalue weighted by molar-refractivity contribution is 0.623. The minimum atomic E-state index is -0.443. The van der Waals surface area contributed by atoms with Crippen molar-refractivity contribution in [3.63, 3.8) is 0 Å². The fourth-order valence-electron chi connectivity index (χ4n) is 8.96.